The summed E-state index contributed by atoms with van der Waals surface area (Å²) in [5.41, 5.74) is 6.92. The molecule has 0 unspecified atom stereocenters. The summed E-state index contributed by atoms with van der Waals surface area (Å²) >= 11 is 0. The van der Waals surface area contributed by atoms with Crippen LogP contribution in [-0.2, 0) is 4.74 Å². The van der Waals surface area contributed by atoms with Gasteiger partial charge >= 0.3 is 0 Å². The van der Waals surface area contributed by atoms with Crippen LogP contribution in [0.5, 0.6) is 0 Å². The van der Waals surface area contributed by atoms with Crippen molar-refractivity contribution in [3.8, 4) is 0 Å². The molecule has 4 heterocycles. The maximum absolute atomic E-state index is 5.57. The maximum atomic E-state index is 5.57. The van der Waals surface area contributed by atoms with Gasteiger partial charge in [0.2, 0.25) is 0 Å². The molecule has 4 nitrogen and oxygen atoms in total. The zero-order valence-electron chi connectivity index (χ0n) is 31.1. The monoisotopic (exact) mass is 610 g/mol. The molecule has 0 aromatic carbocycles. The first-order chi connectivity index (χ1) is 20.5. The third-order valence-electron chi connectivity index (χ3n) is 7.88. The summed E-state index contributed by atoms with van der Waals surface area (Å²) in [6.07, 6.45) is 8.43. The molecular formula is C40H66O4. The third kappa shape index (κ3) is 12.1. The first-order valence-electron chi connectivity index (χ1n) is 17.1. The van der Waals surface area contributed by atoms with Crippen LogP contribution in [0.15, 0.2) is 61.8 Å². The van der Waals surface area contributed by atoms with Crippen LogP contribution < -0.4 is 0 Å². The van der Waals surface area contributed by atoms with Crippen LogP contribution in [0.25, 0.3) is 0 Å². The molecule has 4 rings (SSSR count). The highest BCUT2D eigenvalue weighted by atomic mass is 16.5. The normalized spacial score (nSPS) is 13.2. The Morgan fingerprint density at radius 3 is 1.09 bits per heavy atom. The summed E-state index contributed by atoms with van der Waals surface area (Å²) in [5.74, 6) is 8.06. The molecule has 0 saturated heterocycles. The molecule has 0 fully saturated rings. The molecule has 4 heteroatoms. The van der Waals surface area contributed by atoms with Gasteiger partial charge in [-0.3, -0.25) is 0 Å². The second-order valence-electron chi connectivity index (χ2n) is 14.5. The van der Waals surface area contributed by atoms with Crippen molar-refractivity contribution in [2.24, 2.45) is 11.8 Å². The fourth-order valence-electron chi connectivity index (χ4n) is 5.41. The van der Waals surface area contributed by atoms with E-state index in [4.69, 9.17) is 18.0 Å². The van der Waals surface area contributed by atoms with Crippen molar-refractivity contribution in [1.82, 2.24) is 0 Å². The van der Waals surface area contributed by atoms with Gasteiger partial charge in [0, 0.05) is 24.2 Å². The highest BCUT2D eigenvalue weighted by molar-refractivity contribution is 5.27. The molecule has 250 valence electrons. The summed E-state index contributed by atoms with van der Waals surface area (Å²) in [4.78, 5) is 0. The summed E-state index contributed by atoms with van der Waals surface area (Å²) in [6.45, 7) is 35.9. The highest BCUT2D eigenvalue weighted by Crippen LogP contribution is 2.31. The summed E-state index contributed by atoms with van der Waals surface area (Å²) < 4.78 is 21.5. The average molecular weight is 611 g/mol. The van der Waals surface area contributed by atoms with Crippen LogP contribution in [0.1, 0.15) is 186 Å². The molecule has 44 heavy (non-hydrogen) atoms. The first kappa shape index (κ1) is 39.4. The lowest BCUT2D eigenvalue weighted by molar-refractivity contribution is 0.216. The van der Waals surface area contributed by atoms with Crippen molar-refractivity contribution in [2.75, 3.05) is 6.61 Å². The van der Waals surface area contributed by atoms with Crippen molar-refractivity contribution >= 4 is 0 Å². The predicted octanol–water partition coefficient (Wildman–Crippen LogP) is 13.6. The zero-order valence-corrected chi connectivity index (χ0v) is 31.1. The van der Waals surface area contributed by atoms with Crippen LogP contribution >= 0.6 is 0 Å². The Kier molecular flexibility index (Phi) is 17.0. The van der Waals surface area contributed by atoms with Gasteiger partial charge in [-0.1, -0.05) is 111 Å². The van der Waals surface area contributed by atoms with E-state index in [1.54, 1.807) is 12.5 Å². The molecule has 0 saturated carbocycles. The van der Waals surface area contributed by atoms with E-state index in [0.29, 0.717) is 47.3 Å². The van der Waals surface area contributed by atoms with Gasteiger partial charge in [-0.25, -0.2) is 0 Å². The number of furan rings is 3. The van der Waals surface area contributed by atoms with Gasteiger partial charge in [-0.05, 0) is 69.5 Å². The second-order valence-corrected chi connectivity index (χ2v) is 14.5. The van der Waals surface area contributed by atoms with Gasteiger partial charge in [0.05, 0.1) is 37.4 Å². The smallest absolute Gasteiger partial charge is 0.109 e. The molecule has 1 aliphatic rings. The number of hydrogen-bond donors (Lipinski definition) is 0. The minimum atomic E-state index is 0.502. The van der Waals surface area contributed by atoms with Crippen LogP contribution in [0.3, 0.4) is 0 Å². The molecule has 0 amide bonds. The molecule has 3 aromatic heterocycles. The lowest BCUT2D eigenvalue weighted by atomic mass is 9.95. The minimum Gasteiger partial charge on any atom is -0.497 e. The number of ether oxygens (including phenoxy) is 1. The minimum absolute atomic E-state index is 0.502. The standard InChI is InChI=1S/C10H16O.C10H18O.2C10H16O/c1-7(2)9-5-11-6-10(9)8(3)4;3*1-7(2)9-5-6-11-10(9)8(3)4/h5-8H,1-4H3;7-8H,5-6H2,1-4H3;2*5-8H,1-4H3. The van der Waals surface area contributed by atoms with Crippen LogP contribution in [-0.4, -0.2) is 6.61 Å². The molecule has 0 aliphatic carbocycles. The average Bonchev–Trinajstić information content (AvgIpc) is 3.75. The van der Waals surface area contributed by atoms with Crippen molar-refractivity contribution in [3.63, 3.8) is 0 Å². The van der Waals surface area contributed by atoms with Crippen molar-refractivity contribution in [1.29, 1.82) is 0 Å². The Morgan fingerprint density at radius 2 is 0.841 bits per heavy atom. The van der Waals surface area contributed by atoms with E-state index in [0.717, 1.165) is 24.5 Å². The van der Waals surface area contributed by atoms with Gasteiger partial charge in [-0.15, -0.1) is 0 Å². The summed E-state index contributed by atoms with van der Waals surface area (Å²) in [7, 11) is 0. The van der Waals surface area contributed by atoms with Gasteiger partial charge in [0.15, 0.2) is 0 Å². The number of hydrogen-bond acceptors (Lipinski definition) is 4. The third-order valence-corrected chi connectivity index (χ3v) is 7.88. The Morgan fingerprint density at radius 1 is 0.455 bits per heavy atom. The molecule has 0 radical (unpaired) electrons. The molecule has 1 aliphatic heterocycles. The Labute approximate surface area is 271 Å². The second kappa shape index (κ2) is 19.0. The lowest BCUT2D eigenvalue weighted by Crippen LogP contribution is -1.99. The van der Waals surface area contributed by atoms with E-state index >= 15 is 0 Å². The van der Waals surface area contributed by atoms with E-state index < -0.39 is 0 Å². The van der Waals surface area contributed by atoms with Gasteiger partial charge in [0.25, 0.3) is 0 Å². The van der Waals surface area contributed by atoms with E-state index in [-0.39, 0.29) is 0 Å². The molecule has 0 N–H and O–H groups in total. The predicted molar refractivity (Wildman–Crippen MR) is 188 cm³/mol. The lowest BCUT2D eigenvalue weighted by Gasteiger charge is -2.11. The molecule has 0 bridgehead atoms. The van der Waals surface area contributed by atoms with Crippen molar-refractivity contribution in [2.45, 2.75) is 153 Å². The SMILES string of the molecule is CC(C)C1=C(C(C)C)OCC1.CC(C)c1ccoc1C(C)C.CC(C)c1ccoc1C(C)C.CC(C)c1cocc1C(C)C. The van der Waals surface area contributed by atoms with Gasteiger partial charge in [0.1, 0.15) is 11.5 Å². The Bertz CT molecular complexity index is 1000. The van der Waals surface area contributed by atoms with E-state index in [9.17, 15) is 0 Å². The Balaban J connectivity index is 0.000000293. The number of rotatable bonds is 8. The quantitative estimate of drug-likeness (QED) is 0.254. The van der Waals surface area contributed by atoms with E-state index in [1.807, 2.05) is 12.5 Å². The van der Waals surface area contributed by atoms with Gasteiger partial charge in [-0.2, -0.15) is 0 Å². The van der Waals surface area contributed by atoms with E-state index in [2.05, 4.69) is 123 Å². The largest absolute Gasteiger partial charge is 0.497 e. The zero-order chi connectivity index (χ0) is 33.7. The fourth-order valence-corrected chi connectivity index (χ4v) is 5.41. The van der Waals surface area contributed by atoms with Crippen LogP contribution in [0.4, 0.5) is 0 Å². The first-order valence-corrected chi connectivity index (χ1v) is 17.1. The van der Waals surface area contributed by atoms with Crippen molar-refractivity contribution in [3.05, 3.63) is 82.3 Å². The summed E-state index contributed by atoms with van der Waals surface area (Å²) in [6, 6.07) is 4.14. The molecule has 0 atom stereocenters. The molecule has 3 aromatic rings. The number of allylic oxidation sites excluding steroid dienone is 1. The topological polar surface area (TPSA) is 48.7 Å². The molecule has 0 spiro atoms. The van der Waals surface area contributed by atoms with Crippen LogP contribution in [0, 0.1) is 11.8 Å². The van der Waals surface area contributed by atoms with E-state index in [1.165, 1.54) is 33.6 Å². The maximum Gasteiger partial charge on any atom is 0.109 e. The van der Waals surface area contributed by atoms with Crippen molar-refractivity contribution < 1.29 is 18.0 Å². The van der Waals surface area contributed by atoms with Crippen LogP contribution in [0.2, 0.25) is 0 Å². The highest BCUT2D eigenvalue weighted by Gasteiger charge is 2.20. The summed E-state index contributed by atoms with van der Waals surface area (Å²) in [5, 5.41) is 0. The fraction of sp³-hybridized carbons (Fsp3) is 0.650. The Hall–Kier alpha value is -2.62. The molecular weight excluding hydrogens is 544 g/mol. The van der Waals surface area contributed by atoms with Gasteiger partial charge < -0.3 is 18.0 Å².